The van der Waals surface area contributed by atoms with Crippen molar-refractivity contribution < 1.29 is 47.8 Å². The van der Waals surface area contributed by atoms with E-state index in [4.69, 9.17) is 9.26 Å². The van der Waals surface area contributed by atoms with E-state index in [0.29, 0.717) is 32.1 Å². The van der Waals surface area contributed by atoms with Crippen molar-refractivity contribution in [2.75, 3.05) is 13.1 Å². The summed E-state index contributed by atoms with van der Waals surface area (Å²) in [6.07, 6.45) is 2.56. The molecule has 1 aliphatic carbocycles. The van der Waals surface area contributed by atoms with Gasteiger partial charge in [-0.2, -0.15) is 0 Å². The van der Waals surface area contributed by atoms with E-state index in [-0.39, 0.29) is 50.8 Å². The molecule has 4 amide bonds. The number of likely N-dealkylation sites (tertiary alicyclic amines) is 1. The molecule has 0 aromatic heterocycles. The van der Waals surface area contributed by atoms with Gasteiger partial charge in [-0.15, -0.1) is 0 Å². The highest BCUT2D eigenvalue weighted by atomic mass is 31.2. The summed E-state index contributed by atoms with van der Waals surface area (Å²) >= 11 is 0. The zero-order chi connectivity index (χ0) is 33.7. The number of carbonyl (C=O) groups is 5. The van der Waals surface area contributed by atoms with Gasteiger partial charge in [0.2, 0.25) is 11.8 Å². The maximum atomic E-state index is 13.5. The Morgan fingerprint density at radius 2 is 1.74 bits per heavy atom. The van der Waals surface area contributed by atoms with Crippen LogP contribution in [0.25, 0.3) is 0 Å². The highest BCUT2D eigenvalue weighted by Gasteiger charge is 2.42. The number of carbonyl (C=O) groups excluding carboxylic acids is 4. The molecule has 1 aromatic rings. The Kier molecular flexibility index (Phi) is 14.5. The fourth-order valence-corrected chi connectivity index (χ4v) is 6.68. The lowest BCUT2D eigenvalue weighted by molar-refractivity contribution is -0.151. The third kappa shape index (κ3) is 11.7. The lowest BCUT2D eigenvalue weighted by Gasteiger charge is -2.30. The van der Waals surface area contributed by atoms with Crippen molar-refractivity contribution in [3.8, 4) is 0 Å². The topological polar surface area (TPSA) is 201 Å². The van der Waals surface area contributed by atoms with Gasteiger partial charge in [-0.25, -0.2) is 9.59 Å². The Morgan fingerprint density at radius 3 is 2.39 bits per heavy atom. The van der Waals surface area contributed by atoms with Crippen LogP contribution in [0.3, 0.4) is 0 Å². The molecule has 3 rings (SSSR count). The quantitative estimate of drug-likeness (QED) is 0.108. The van der Waals surface area contributed by atoms with Gasteiger partial charge in [0.25, 0.3) is 5.91 Å². The largest absolute Gasteiger partial charge is 0.480 e. The van der Waals surface area contributed by atoms with Crippen molar-refractivity contribution in [2.45, 2.75) is 109 Å². The van der Waals surface area contributed by atoms with Crippen LogP contribution >= 0.6 is 7.60 Å². The minimum atomic E-state index is -4.64. The average Bonchev–Trinajstić information content (AvgIpc) is 3.76. The smallest absolute Gasteiger partial charge is 0.407 e. The van der Waals surface area contributed by atoms with Gasteiger partial charge < -0.3 is 35.6 Å². The van der Waals surface area contributed by atoms with Gasteiger partial charge in [0.05, 0.1) is 0 Å². The fraction of sp³-hybridized carbons (Fsp3) is 0.645. The molecule has 0 radical (unpaired) electrons. The molecular formula is C31H47N4O10P. The number of benzene rings is 1. The molecule has 5 atom stereocenters. The maximum absolute atomic E-state index is 13.5. The second kappa shape index (κ2) is 18.0. The summed E-state index contributed by atoms with van der Waals surface area (Å²) in [5.74, 6) is -4.33. The van der Waals surface area contributed by atoms with Crippen LogP contribution < -0.4 is 16.0 Å². The first kappa shape index (κ1) is 37.0. The van der Waals surface area contributed by atoms with Gasteiger partial charge >= 0.3 is 19.7 Å². The van der Waals surface area contributed by atoms with Crippen molar-refractivity contribution in [1.29, 1.82) is 0 Å². The Hall–Kier alpha value is -3.48. The van der Waals surface area contributed by atoms with Crippen LogP contribution in [0.15, 0.2) is 30.3 Å². The van der Waals surface area contributed by atoms with Crippen molar-refractivity contribution in [3.05, 3.63) is 35.9 Å². The van der Waals surface area contributed by atoms with Crippen molar-refractivity contribution in [3.63, 3.8) is 0 Å². The highest BCUT2D eigenvalue weighted by molar-refractivity contribution is 7.53. The fourth-order valence-electron chi connectivity index (χ4n) is 5.19. The molecule has 1 heterocycles. The molecule has 15 heteroatoms. The van der Waals surface area contributed by atoms with Crippen molar-refractivity contribution in [1.82, 2.24) is 20.9 Å². The minimum absolute atomic E-state index is 0.0801. The molecule has 1 saturated carbocycles. The van der Waals surface area contributed by atoms with Gasteiger partial charge in [-0.05, 0) is 63.9 Å². The number of nitrogens with zero attached hydrogens (tertiary/aromatic N) is 1. The van der Waals surface area contributed by atoms with Crippen LogP contribution in [0.4, 0.5) is 4.79 Å². The average molecular weight is 667 g/mol. The molecule has 1 saturated heterocycles. The van der Waals surface area contributed by atoms with E-state index in [1.807, 2.05) is 37.3 Å². The Bertz CT molecular complexity index is 1240. The summed E-state index contributed by atoms with van der Waals surface area (Å²) in [5, 5.41) is 17.4. The molecule has 14 nitrogen and oxygen atoms in total. The number of unbranched alkanes of at least 4 members (excludes halogenated alkanes) is 2. The first-order valence-corrected chi connectivity index (χ1v) is 17.7. The van der Waals surface area contributed by atoms with E-state index >= 15 is 0 Å². The molecule has 2 aliphatic rings. The summed E-state index contributed by atoms with van der Waals surface area (Å²) in [7, 11) is -4.64. The predicted molar refractivity (Wildman–Crippen MR) is 167 cm³/mol. The third-order valence-electron chi connectivity index (χ3n) is 7.99. The second-order valence-electron chi connectivity index (χ2n) is 11.8. The lowest BCUT2D eigenvalue weighted by atomic mass is 10.1. The molecule has 1 aromatic carbocycles. The summed E-state index contributed by atoms with van der Waals surface area (Å²) in [4.78, 5) is 74.6. The number of rotatable bonds is 19. The van der Waals surface area contributed by atoms with E-state index in [2.05, 4.69) is 16.0 Å². The van der Waals surface area contributed by atoms with Gasteiger partial charge in [-0.3, -0.25) is 23.5 Å². The summed E-state index contributed by atoms with van der Waals surface area (Å²) in [6, 6.07) is 7.21. The van der Waals surface area contributed by atoms with Crippen LogP contribution in [0.1, 0.15) is 83.6 Å². The molecule has 2 fully saturated rings. The van der Waals surface area contributed by atoms with Crippen LogP contribution in [0.5, 0.6) is 0 Å². The van der Waals surface area contributed by atoms with Gasteiger partial charge in [0, 0.05) is 19.0 Å². The molecule has 256 valence electrons. The first-order chi connectivity index (χ1) is 21.9. The number of hydrogen-bond donors (Lipinski definition) is 5. The number of carboxylic acid groups (broad SMARTS) is 1. The van der Waals surface area contributed by atoms with Crippen molar-refractivity contribution >= 4 is 37.4 Å². The SMILES string of the molecule is CCCCC(NC(=O)[C@H](CCCCNC(=O)OCc1ccccc1)NC(=O)C1CC1)P(=O)(O)O[C@@H](C)C(=O)N1CCC[C@H]1C(=O)O. The van der Waals surface area contributed by atoms with E-state index in [0.717, 1.165) is 23.3 Å². The van der Waals surface area contributed by atoms with Crippen LogP contribution in [0, 0.1) is 5.92 Å². The third-order valence-corrected chi connectivity index (χ3v) is 9.79. The summed E-state index contributed by atoms with van der Waals surface area (Å²) < 4.78 is 24.0. The Balaban J connectivity index is 1.56. The van der Waals surface area contributed by atoms with E-state index in [9.17, 15) is 38.5 Å². The first-order valence-electron chi connectivity index (χ1n) is 16.0. The normalized spacial score (nSPS) is 19.3. The Labute approximate surface area is 269 Å². The van der Waals surface area contributed by atoms with Crippen LogP contribution in [0.2, 0.25) is 0 Å². The number of nitrogens with one attached hydrogen (secondary N) is 3. The van der Waals surface area contributed by atoms with Crippen LogP contribution in [-0.2, 0) is 39.6 Å². The molecule has 0 bridgehead atoms. The number of carboxylic acids is 1. The summed E-state index contributed by atoms with van der Waals surface area (Å²) in [5.41, 5.74) is 0.854. The minimum Gasteiger partial charge on any atom is -0.480 e. The Morgan fingerprint density at radius 1 is 1.02 bits per heavy atom. The number of alkyl carbamates (subject to hydrolysis) is 1. The van der Waals surface area contributed by atoms with Crippen LogP contribution in [-0.4, -0.2) is 81.7 Å². The molecule has 0 spiro atoms. The number of aliphatic carboxylic acids is 1. The predicted octanol–water partition coefficient (Wildman–Crippen LogP) is 3.28. The standard InChI is InChI=1S/C31H47N4O10P/c1-3-4-15-26(46(42,43)45-21(2)29(38)35-19-10-14-25(35)30(39)40)34-28(37)24(33-27(36)23-16-17-23)13-8-9-18-32-31(41)44-20-22-11-6-5-7-12-22/h5-7,11-12,21,23-26H,3-4,8-10,13-20H2,1-2H3,(H,32,41)(H,33,36)(H,34,37)(H,39,40)(H,42,43)/t21-,24-,25-,26?/m0/s1. The van der Waals surface area contributed by atoms with Gasteiger partial charge in [0.15, 0.2) is 0 Å². The number of hydrogen-bond acceptors (Lipinski definition) is 8. The molecule has 1 aliphatic heterocycles. The molecule has 2 unspecified atom stereocenters. The summed E-state index contributed by atoms with van der Waals surface area (Å²) in [6.45, 7) is 3.77. The number of ether oxygens (including phenoxy) is 1. The van der Waals surface area contributed by atoms with E-state index in [1.54, 1.807) is 0 Å². The van der Waals surface area contributed by atoms with Crippen molar-refractivity contribution in [2.24, 2.45) is 5.92 Å². The molecule has 46 heavy (non-hydrogen) atoms. The molecular weight excluding hydrogens is 619 g/mol. The van der Waals surface area contributed by atoms with E-state index in [1.165, 1.54) is 6.92 Å². The van der Waals surface area contributed by atoms with Gasteiger partial charge in [0.1, 0.15) is 30.6 Å². The highest BCUT2D eigenvalue weighted by Crippen LogP contribution is 2.49. The second-order valence-corrected chi connectivity index (χ2v) is 13.8. The lowest BCUT2D eigenvalue weighted by Crippen LogP contribution is -2.50. The zero-order valence-corrected chi connectivity index (χ0v) is 27.4. The zero-order valence-electron chi connectivity index (χ0n) is 26.5. The number of amides is 4. The van der Waals surface area contributed by atoms with Gasteiger partial charge in [-0.1, -0.05) is 50.1 Å². The monoisotopic (exact) mass is 666 g/mol. The maximum Gasteiger partial charge on any atom is 0.407 e. The molecule has 5 N–H and O–H groups in total. The van der Waals surface area contributed by atoms with E-state index < -0.39 is 55.4 Å².